The lowest BCUT2D eigenvalue weighted by atomic mass is 10.0. The highest BCUT2D eigenvalue weighted by Crippen LogP contribution is 2.33. The number of Topliss-reactive ketones (excluding diaryl/α,β-unsaturated/α-hetero) is 1. The number of esters is 1. The number of methoxy groups -OCH3 is 1. The van der Waals surface area contributed by atoms with E-state index in [0.717, 1.165) is 0 Å². The number of ether oxygens (including phenoxy) is 2. The highest BCUT2D eigenvalue weighted by atomic mass is 16.6. The molecule has 0 bridgehead atoms. The summed E-state index contributed by atoms with van der Waals surface area (Å²) in [6, 6.07) is 0. The maximum atomic E-state index is 11.0. The van der Waals surface area contributed by atoms with E-state index in [2.05, 4.69) is 4.74 Å². The van der Waals surface area contributed by atoms with Crippen molar-refractivity contribution >= 4 is 11.8 Å². The first-order chi connectivity index (χ1) is 5.60. The quantitative estimate of drug-likeness (QED) is 0.452. The van der Waals surface area contributed by atoms with E-state index in [-0.39, 0.29) is 18.2 Å². The average Bonchev–Trinajstić information content (AvgIpc) is 2.81. The van der Waals surface area contributed by atoms with Crippen molar-refractivity contribution in [3.05, 3.63) is 0 Å². The minimum absolute atomic E-state index is 0.00796. The number of carbonyl (C=O) groups is 2. The molecule has 0 aliphatic carbocycles. The van der Waals surface area contributed by atoms with Gasteiger partial charge in [-0.2, -0.15) is 0 Å². The smallest absolute Gasteiger partial charge is 0.305 e. The lowest BCUT2D eigenvalue weighted by Crippen LogP contribution is -2.22. The molecule has 68 valence electrons. The first-order valence-electron chi connectivity index (χ1n) is 3.82. The van der Waals surface area contributed by atoms with E-state index in [9.17, 15) is 9.59 Å². The molecule has 1 atom stereocenters. The van der Waals surface area contributed by atoms with E-state index in [1.165, 1.54) is 14.0 Å². The second-order valence-corrected chi connectivity index (χ2v) is 2.92. The Kier molecular flexibility index (Phi) is 2.47. The molecular weight excluding hydrogens is 160 g/mol. The van der Waals surface area contributed by atoms with Crippen LogP contribution in [0, 0.1) is 0 Å². The zero-order chi connectivity index (χ0) is 9.19. The molecule has 1 heterocycles. The van der Waals surface area contributed by atoms with Crippen LogP contribution < -0.4 is 0 Å². The van der Waals surface area contributed by atoms with Crippen molar-refractivity contribution in [2.75, 3.05) is 13.7 Å². The minimum atomic E-state index is -0.659. The van der Waals surface area contributed by atoms with Crippen LogP contribution in [0.25, 0.3) is 0 Å². The number of epoxide rings is 1. The predicted octanol–water partition coefficient (Wildman–Crippen LogP) is 0.298. The Morgan fingerprint density at radius 1 is 1.58 bits per heavy atom. The Hall–Kier alpha value is -0.900. The van der Waals surface area contributed by atoms with Crippen molar-refractivity contribution in [2.45, 2.75) is 25.4 Å². The van der Waals surface area contributed by atoms with Gasteiger partial charge >= 0.3 is 5.97 Å². The van der Waals surface area contributed by atoms with Crippen LogP contribution in [0.5, 0.6) is 0 Å². The zero-order valence-corrected chi connectivity index (χ0v) is 7.25. The summed E-state index contributed by atoms with van der Waals surface area (Å²) < 4.78 is 9.44. The maximum absolute atomic E-state index is 11.0. The third kappa shape index (κ3) is 1.82. The van der Waals surface area contributed by atoms with E-state index in [1.807, 2.05) is 0 Å². The molecule has 0 aromatic heterocycles. The standard InChI is InChI=1S/C8H12O4/c1-6(9)8(5-12-8)4-3-7(10)11-2/h3-5H2,1-2H3. The van der Waals surface area contributed by atoms with Crippen LogP contribution in [0.15, 0.2) is 0 Å². The molecule has 0 aromatic rings. The molecule has 0 spiro atoms. The molecule has 1 rings (SSSR count). The van der Waals surface area contributed by atoms with Gasteiger partial charge in [-0.1, -0.05) is 0 Å². The van der Waals surface area contributed by atoms with Gasteiger partial charge in [0.2, 0.25) is 0 Å². The predicted molar refractivity (Wildman–Crippen MR) is 40.6 cm³/mol. The number of carbonyl (C=O) groups excluding carboxylic acids is 2. The highest BCUT2D eigenvalue weighted by molar-refractivity contribution is 5.88. The summed E-state index contributed by atoms with van der Waals surface area (Å²) in [7, 11) is 1.33. The number of rotatable bonds is 4. The molecule has 1 unspecified atom stereocenters. The van der Waals surface area contributed by atoms with Gasteiger partial charge in [0.15, 0.2) is 5.78 Å². The summed E-state index contributed by atoms with van der Waals surface area (Å²) in [6.07, 6.45) is 0.686. The fraction of sp³-hybridized carbons (Fsp3) is 0.750. The van der Waals surface area contributed by atoms with Crippen molar-refractivity contribution in [3.63, 3.8) is 0 Å². The molecule has 1 aliphatic heterocycles. The van der Waals surface area contributed by atoms with Crippen LogP contribution in [0.3, 0.4) is 0 Å². The van der Waals surface area contributed by atoms with E-state index in [0.29, 0.717) is 13.0 Å². The van der Waals surface area contributed by atoms with E-state index < -0.39 is 5.60 Å². The number of ketones is 1. The van der Waals surface area contributed by atoms with Gasteiger partial charge in [-0.3, -0.25) is 9.59 Å². The van der Waals surface area contributed by atoms with Crippen LogP contribution >= 0.6 is 0 Å². The third-order valence-corrected chi connectivity index (χ3v) is 2.10. The first-order valence-corrected chi connectivity index (χ1v) is 3.82. The van der Waals surface area contributed by atoms with Crippen molar-refractivity contribution in [3.8, 4) is 0 Å². The van der Waals surface area contributed by atoms with Crippen LogP contribution in [-0.4, -0.2) is 31.1 Å². The van der Waals surface area contributed by atoms with Gasteiger partial charge in [0, 0.05) is 6.42 Å². The second-order valence-electron chi connectivity index (χ2n) is 2.92. The van der Waals surface area contributed by atoms with Crippen LogP contribution in [0.1, 0.15) is 19.8 Å². The van der Waals surface area contributed by atoms with Crippen molar-refractivity contribution < 1.29 is 19.1 Å². The van der Waals surface area contributed by atoms with E-state index in [1.54, 1.807) is 0 Å². The average molecular weight is 172 g/mol. The lowest BCUT2D eigenvalue weighted by Gasteiger charge is -2.05. The van der Waals surface area contributed by atoms with Crippen LogP contribution in [-0.2, 0) is 19.1 Å². The van der Waals surface area contributed by atoms with Crippen molar-refractivity contribution in [1.29, 1.82) is 0 Å². The molecule has 0 N–H and O–H groups in total. The van der Waals surface area contributed by atoms with Gasteiger partial charge in [-0.15, -0.1) is 0 Å². The maximum Gasteiger partial charge on any atom is 0.305 e. The summed E-state index contributed by atoms with van der Waals surface area (Å²) in [4.78, 5) is 21.7. The number of hydrogen-bond acceptors (Lipinski definition) is 4. The largest absolute Gasteiger partial charge is 0.469 e. The normalized spacial score (nSPS) is 26.5. The summed E-state index contributed by atoms with van der Waals surface area (Å²) in [6.45, 7) is 1.92. The van der Waals surface area contributed by atoms with E-state index in [4.69, 9.17) is 4.74 Å². The SMILES string of the molecule is COC(=O)CCC1(C(C)=O)CO1. The molecule has 1 fully saturated rings. The molecule has 0 aromatic carbocycles. The Bertz CT molecular complexity index is 205. The van der Waals surface area contributed by atoms with Crippen molar-refractivity contribution in [2.24, 2.45) is 0 Å². The second kappa shape index (κ2) is 3.23. The molecule has 0 saturated carbocycles. The Morgan fingerprint density at radius 2 is 2.17 bits per heavy atom. The summed E-state index contributed by atoms with van der Waals surface area (Å²) in [5, 5.41) is 0. The van der Waals surface area contributed by atoms with Crippen LogP contribution in [0.2, 0.25) is 0 Å². The topological polar surface area (TPSA) is 55.9 Å². The molecule has 4 heteroatoms. The molecule has 12 heavy (non-hydrogen) atoms. The van der Waals surface area contributed by atoms with Crippen LogP contribution in [0.4, 0.5) is 0 Å². The Balaban J connectivity index is 2.32. The molecule has 0 amide bonds. The Labute approximate surface area is 70.8 Å². The Morgan fingerprint density at radius 3 is 2.50 bits per heavy atom. The molecule has 4 nitrogen and oxygen atoms in total. The van der Waals surface area contributed by atoms with E-state index >= 15 is 0 Å². The van der Waals surface area contributed by atoms with Crippen molar-refractivity contribution in [1.82, 2.24) is 0 Å². The molecule has 0 radical (unpaired) electrons. The number of hydrogen-bond donors (Lipinski definition) is 0. The highest BCUT2D eigenvalue weighted by Gasteiger charge is 2.49. The molecule has 1 saturated heterocycles. The monoisotopic (exact) mass is 172 g/mol. The summed E-state index contributed by atoms with van der Waals surface area (Å²) >= 11 is 0. The fourth-order valence-corrected chi connectivity index (χ4v) is 1.02. The van der Waals surface area contributed by atoms with Gasteiger partial charge in [0.1, 0.15) is 5.60 Å². The minimum Gasteiger partial charge on any atom is -0.469 e. The lowest BCUT2D eigenvalue weighted by molar-refractivity contribution is -0.141. The molecular formula is C8H12O4. The zero-order valence-electron chi connectivity index (χ0n) is 7.25. The third-order valence-electron chi connectivity index (χ3n) is 2.10. The summed E-state index contributed by atoms with van der Waals surface area (Å²) in [5.41, 5.74) is -0.659. The van der Waals surface area contributed by atoms with Gasteiger partial charge in [-0.05, 0) is 13.3 Å². The molecule has 1 aliphatic rings. The van der Waals surface area contributed by atoms with Gasteiger partial charge in [0.05, 0.1) is 13.7 Å². The first kappa shape index (κ1) is 9.19. The van der Waals surface area contributed by atoms with Gasteiger partial charge in [-0.25, -0.2) is 0 Å². The van der Waals surface area contributed by atoms with Gasteiger partial charge in [0.25, 0.3) is 0 Å². The van der Waals surface area contributed by atoms with Gasteiger partial charge < -0.3 is 9.47 Å². The summed E-state index contributed by atoms with van der Waals surface area (Å²) in [5.74, 6) is -0.308. The fourth-order valence-electron chi connectivity index (χ4n) is 1.02.